The standard InChI is InChI=1S/C33H31ClN4O2/c1-24-20-27(21-28(22-35)33(39)37-18-16-36(17-19-37)29-9-4-3-5-10-29)25(2)38(24)30-12-14-31(15-13-30)40-23-26-8-6-7-11-32(26)34/h3-15,20-21H,16-19,23H2,1-2H3/b28-21-. The molecule has 7 heteroatoms. The molecule has 2 heterocycles. The molecule has 1 amide bonds. The van der Waals surface area contributed by atoms with Crippen molar-refractivity contribution in [2.24, 2.45) is 0 Å². The van der Waals surface area contributed by atoms with Gasteiger partial charge in [0, 0.05) is 59.5 Å². The normalized spacial score (nSPS) is 13.7. The lowest BCUT2D eigenvalue weighted by molar-refractivity contribution is -0.126. The summed E-state index contributed by atoms with van der Waals surface area (Å²) in [5.41, 5.74) is 6.02. The molecule has 1 fully saturated rings. The van der Waals surface area contributed by atoms with Crippen molar-refractivity contribution >= 4 is 29.3 Å². The lowest BCUT2D eigenvalue weighted by atomic mass is 10.1. The minimum Gasteiger partial charge on any atom is -0.489 e. The number of hydrogen-bond acceptors (Lipinski definition) is 4. The third-order valence-corrected chi connectivity index (χ3v) is 7.63. The van der Waals surface area contributed by atoms with Crippen molar-refractivity contribution in [3.8, 4) is 17.5 Å². The van der Waals surface area contributed by atoms with E-state index in [0.717, 1.165) is 52.7 Å². The molecule has 1 aliphatic heterocycles. The molecular formula is C33H31ClN4O2. The van der Waals surface area contributed by atoms with Crippen LogP contribution in [0.2, 0.25) is 5.02 Å². The molecule has 0 atom stereocenters. The van der Waals surface area contributed by atoms with Gasteiger partial charge in [0.25, 0.3) is 5.91 Å². The van der Waals surface area contributed by atoms with Gasteiger partial charge in [0.2, 0.25) is 0 Å². The topological polar surface area (TPSA) is 61.5 Å². The van der Waals surface area contributed by atoms with E-state index >= 15 is 0 Å². The summed E-state index contributed by atoms with van der Waals surface area (Å²) < 4.78 is 8.04. The van der Waals surface area contributed by atoms with Crippen LogP contribution < -0.4 is 9.64 Å². The number of rotatable bonds is 7. The van der Waals surface area contributed by atoms with Gasteiger partial charge in [0.05, 0.1) is 0 Å². The van der Waals surface area contributed by atoms with Gasteiger partial charge < -0.3 is 19.1 Å². The third-order valence-electron chi connectivity index (χ3n) is 7.26. The summed E-state index contributed by atoms with van der Waals surface area (Å²) >= 11 is 6.24. The first-order valence-electron chi connectivity index (χ1n) is 13.3. The number of amides is 1. The summed E-state index contributed by atoms with van der Waals surface area (Å²) in [5.74, 6) is 0.524. The van der Waals surface area contributed by atoms with Crippen LogP contribution in [0.25, 0.3) is 11.8 Å². The van der Waals surface area contributed by atoms with Gasteiger partial charge in [-0.25, -0.2) is 0 Å². The first-order chi connectivity index (χ1) is 19.4. The molecule has 202 valence electrons. The van der Waals surface area contributed by atoms with Crippen molar-refractivity contribution < 1.29 is 9.53 Å². The molecule has 0 unspecified atom stereocenters. The number of nitrogens with zero attached hydrogens (tertiary/aromatic N) is 4. The number of piperazine rings is 1. The van der Waals surface area contributed by atoms with Crippen molar-refractivity contribution in [3.05, 3.63) is 118 Å². The fraction of sp³-hybridized carbons (Fsp3) is 0.212. The minimum absolute atomic E-state index is 0.150. The first kappa shape index (κ1) is 27.1. The Bertz CT molecular complexity index is 1560. The quantitative estimate of drug-likeness (QED) is 0.192. The van der Waals surface area contributed by atoms with Crippen molar-refractivity contribution in [3.63, 3.8) is 0 Å². The molecule has 0 radical (unpaired) electrons. The summed E-state index contributed by atoms with van der Waals surface area (Å²) in [6.45, 7) is 7.04. The number of ether oxygens (including phenoxy) is 1. The number of nitriles is 1. The van der Waals surface area contributed by atoms with Crippen LogP contribution in [0.1, 0.15) is 22.5 Å². The molecule has 0 saturated carbocycles. The number of para-hydroxylation sites is 1. The molecule has 0 bridgehead atoms. The molecule has 4 aromatic rings. The van der Waals surface area contributed by atoms with Crippen LogP contribution in [0.4, 0.5) is 5.69 Å². The highest BCUT2D eigenvalue weighted by molar-refractivity contribution is 6.31. The number of anilines is 1. The summed E-state index contributed by atoms with van der Waals surface area (Å²) in [6.07, 6.45) is 1.71. The van der Waals surface area contributed by atoms with Crippen LogP contribution in [-0.2, 0) is 11.4 Å². The summed E-state index contributed by atoms with van der Waals surface area (Å²) in [4.78, 5) is 17.3. The molecule has 40 heavy (non-hydrogen) atoms. The van der Waals surface area contributed by atoms with E-state index in [4.69, 9.17) is 16.3 Å². The number of carbonyl (C=O) groups excluding carboxylic acids is 1. The van der Waals surface area contributed by atoms with Crippen molar-refractivity contribution in [1.29, 1.82) is 5.26 Å². The Morgan fingerprint density at radius 3 is 2.27 bits per heavy atom. The Hall–Kier alpha value is -4.47. The maximum atomic E-state index is 13.3. The Balaban J connectivity index is 1.27. The molecule has 1 aromatic heterocycles. The van der Waals surface area contributed by atoms with Gasteiger partial charge in [0.15, 0.2) is 0 Å². The van der Waals surface area contributed by atoms with Crippen molar-refractivity contribution in [2.75, 3.05) is 31.1 Å². The smallest absolute Gasteiger partial charge is 0.264 e. The second-order valence-corrected chi connectivity index (χ2v) is 10.2. The van der Waals surface area contributed by atoms with E-state index in [1.165, 1.54) is 0 Å². The summed E-state index contributed by atoms with van der Waals surface area (Å²) in [5, 5.41) is 10.6. The van der Waals surface area contributed by atoms with E-state index in [-0.39, 0.29) is 11.5 Å². The zero-order valence-electron chi connectivity index (χ0n) is 22.7. The number of halogens is 1. The molecule has 0 spiro atoms. The third kappa shape index (κ3) is 5.90. The van der Waals surface area contributed by atoms with Gasteiger partial charge >= 0.3 is 0 Å². The van der Waals surface area contributed by atoms with Crippen LogP contribution in [0.3, 0.4) is 0 Å². The minimum atomic E-state index is -0.222. The number of aromatic nitrogens is 1. The Kier molecular flexibility index (Phi) is 8.23. The van der Waals surface area contributed by atoms with Crippen LogP contribution in [-0.4, -0.2) is 41.6 Å². The molecule has 5 rings (SSSR count). The van der Waals surface area contributed by atoms with Crippen LogP contribution in [0.5, 0.6) is 5.75 Å². The lowest BCUT2D eigenvalue weighted by Crippen LogP contribution is -2.49. The largest absolute Gasteiger partial charge is 0.489 e. The van der Waals surface area contributed by atoms with Gasteiger partial charge in [-0.3, -0.25) is 4.79 Å². The van der Waals surface area contributed by atoms with Crippen LogP contribution in [0.15, 0.2) is 90.5 Å². The number of aryl methyl sites for hydroxylation is 1. The van der Waals surface area contributed by atoms with Crippen molar-refractivity contribution in [1.82, 2.24) is 9.47 Å². The molecular weight excluding hydrogens is 520 g/mol. The lowest BCUT2D eigenvalue weighted by Gasteiger charge is -2.36. The summed E-state index contributed by atoms with van der Waals surface area (Å²) in [6, 6.07) is 29.8. The second-order valence-electron chi connectivity index (χ2n) is 9.82. The summed E-state index contributed by atoms with van der Waals surface area (Å²) in [7, 11) is 0. The molecule has 1 saturated heterocycles. The highest BCUT2D eigenvalue weighted by atomic mass is 35.5. The number of carbonyl (C=O) groups is 1. The maximum Gasteiger partial charge on any atom is 0.264 e. The SMILES string of the molecule is Cc1cc(/C=C(/C#N)C(=O)N2CCN(c3ccccc3)CC2)c(C)n1-c1ccc(OCc2ccccc2Cl)cc1. The van der Waals surface area contributed by atoms with Gasteiger partial charge in [-0.1, -0.05) is 48.0 Å². The van der Waals surface area contributed by atoms with E-state index in [9.17, 15) is 10.1 Å². The fourth-order valence-corrected chi connectivity index (χ4v) is 5.26. The van der Waals surface area contributed by atoms with Gasteiger partial charge in [-0.05, 0) is 74.0 Å². The van der Waals surface area contributed by atoms with Crippen LogP contribution in [0, 0.1) is 25.2 Å². The van der Waals surface area contributed by atoms with E-state index in [0.29, 0.717) is 24.7 Å². The monoisotopic (exact) mass is 550 g/mol. The average molecular weight is 551 g/mol. The van der Waals surface area contributed by atoms with E-state index in [1.54, 1.807) is 11.0 Å². The molecule has 3 aromatic carbocycles. The van der Waals surface area contributed by atoms with Crippen LogP contribution >= 0.6 is 11.6 Å². The Labute approximate surface area is 240 Å². The zero-order valence-corrected chi connectivity index (χ0v) is 23.4. The van der Waals surface area contributed by atoms with Gasteiger partial charge in [-0.15, -0.1) is 0 Å². The second kappa shape index (κ2) is 12.1. The number of hydrogen-bond donors (Lipinski definition) is 0. The molecule has 6 nitrogen and oxygen atoms in total. The van der Waals surface area contributed by atoms with Gasteiger partial charge in [0.1, 0.15) is 24.0 Å². The van der Waals surface area contributed by atoms with E-state index < -0.39 is 0 Å². The number of benzene rings is 3. The van der Waals surface area contributed by atoms with Crippen molar-refractivity contribution in [2.45, 2.75) is 20.5 Å². The van der Waals surface area contributed by atoms with E-state index in [2.05, 4.69) is 27.7 Å². The Morgan fingerprint density at radius 2 is 1.60 bits per heavy atom. The first-order valence-corrected chi connectivity index (χ1v) is 13.7. The molecule has 0 aliphatic carbocycles. The predicted octanol–water partition coefficient (Wildman–Crippen LogP) is 6.58. The molecule has 1 aliphatic rings. The fourth-order valence-electron chi connectivity index (χ4n) is 5.07. The Morgan fingerprint density at radius 1 is 0.925 bits per heavy atom. The average Bonchev–Trinajstić information content (AvgIpc) is 3.28. The highest BCUT2D eigenvalue weighted by Gasteiger charge is 2.24. The van der Waals surface area contributed by atoms with E-state index in [1.807, 2.05) is 86.6 Å². The zero-order chi connectivity index (χ0) is 28.1. The predicted molar refractivity (Wildman–Crippen MR) is 160 cm³/mol. The van der Waals surface area contributed by atoms with Gasteiger partial charge in [-0.2, -0.15) is 5.26 Å². The molecule has 0 N–H and O–H groups in total. The maximum absolute atomic E-state index is 13.3. The highest BCUT2D eigenvalue weighted by Crippen LogP contribution is 2.26.